The van der Waals surface area contributed by atoms with Crippen molar-refractivity contribution in [3.63, 3.8) is 0 Å². The number of rotatable bonds is 2. The van der Waals surface area contributed by atoms with Crippen LogP contribution in [-0.2, 0) is 4.79 Å². The van der Waals surface area contributed by atoms with Gasteiger partial charge in [0.15, 0.2) is 5.78 Å². The minimum atomic E-state index is -4.93. The molecule has 1 aromatic rings. The third-order valence-electron chi connectivity index (χ3n) is 3.12. The SMILES string of the molecule is O=C(c1ccccc1)[C@@H]1CCCN1C(=O)C(F)(F)F. The van der Waals surface area contributed by atoms with Gasteiger partial charge in [-0.25, -0.2) is 0 Å². The van der Waals surface area contributed by atoms with E-state index < -0.39 is 23.9 Å². The molecule has 3 nitrogen and oxygen atoms in total. The molecule has 1 aromatic carbocycles. The summed E-state index contributed by atoms with van der Waals surface area (Å²) in [5.74, 6) is -2.37. The predicted octanol–water partition coefficient (Wildman–Crippen LogP) is 2.42. The van der Waals surface area contributed by atoms with Gasteiger partial charge in [0.05, 0.1) is 6.04 Å². The molecule has 1 aliphatic heterocycles. The molecule has 0 spiro atoms. The summed E-state index contributed by atoms with van der Waals surface area (Å²) in [5.41, 5.74) is 0.328. The molecule has 1 saturated heterocycles. The zero-order valence-electron chi connectivity index (χ0n) is 9.98. The molecule has 0 aliphatic carbocycles. The van der Waals surface area contributed by atoms with Crippen LogP contribution in [0.3, 0.4) is 0 Å². The van der Waals surface area contributed by atoms with Crippen LogP contribution in [0.5, 0.6) is 0 Å². The van der Waals surface area contributed by atoms with Crippen molar-refractivity contribution >= 4 is 11.7 Å². The van der Waals surface area contributed by atoms with E-state index in [0.29, 0.717) is 16.9 Å². The van der Waals surface area contributed by atoms with Gasteiger partial charge in [0.2, 0.25) is 0 Å². The lowest BCUT2D eigenvalue weighted by molar-refractivity contribution is -0.185. The van der Waals surface area contributed by atoms with E-state index in [1.54, 1.807) is 18.2 Å². The van der Waals surface area contributed by atoms with E-state index in [-0.39, 0.29) is 13.0 Å². The number of hydrogen-bond donors (Lipinski definition) is 0. The van der Waals surface area contributed by atoms with E-state index in [2.05, 4.69) is 0 Å². The molecule has 1 amide bonds. The van der Waals surface area contributed by atoms with Gasteiger partial charge in [-0.1, -0.05) is 30.3 Å². The van der Waals surface area contributed by atoms with Gasteiger partial charge in [0.1, 0.15) is 0 Å². The van der Waals surface area contributed by atoms with Crippen molar-refractivity contribution in [2.45, 2.75) is 25.1 Å². The average Bonchev–Trinajstić information content (AvgIpc) is 2.85. The summed E-state index contributed by atoms with van der Waals surface area (Å²) >= 11 is 0. The highest BCUT2D eigenvalue weighted by molar-refractivity contribution is 6.02. The summed E-state index contributed by atoms with van der Waals surface area (Å²) < 4.78 is 37.3. The molecule has 2 rings (SSSR count). The minimum Gasteiger partial charge on any atom is -0.324 e. The fourth-order valence-corrected chi connectivity index (χ4v) is 2.24. The Morgan fingerprint density at radius 1 is 1.16 bits per heavy atom. The summed E-state index contributed by atoms with van der Waals surface area (Å²) in [4.78, 5) is 24.0. The second kappa shape index (κ2) is 5.03. The first-order valence-electron chi connectivity index (χ1n) is 5.88. The average molecular weight is 271 g/mol. The third-order valence-corrected chi connectivity index (χ3v) is 3.12. The van der Waals surface area contributed by atoms with Crippen molar-refractivity contribution in [3.05, 3.63) is 35.9 Å². The van der Waals surface area contributed by atoms with Crippen molar-refractivity contribution in [2.24, 2.45) is 0 Å². The zero-order valence-corrected chi connectivity index (χ0v) is 9.98. The molecule has 0 N–H and O–H groups in total. The van der Waals surface area contributed by atoms with Crippen molar-refractivity contribution in [1.29, 1.82) is 0 Å². The first kappa shape index (κ1) is 13.6. The van der Waals surface area contributed by atoms with Gasteiger partial charge in [-0.05, 0) is 12.8 Å². The van der Waals surface area contributed by atoms with Gasteiger partial charge in [-0.3, -0.25) is 9.59 Å². The van der Waals surface area contributed by atoms with Crippen LogP contribution in [0.25, 0.3) is 0 Å². The fraction of sp³-hybridized carbons (Fsp3) is 0.385. The highest BCUT2D eigenvalue weighted by Gasteiger charge is 2.47. The summed E-state index contributed by atoms with van der Waals surface area (Å²) in [6.45, 7) is -0.0262. The largest absolute Gasteiger partial charge is 0.471 e. The Hall–Kier alpha value is -1.85. The first-order chi connectivity index (χ1) is 8.91. The monoisotopic (exact) mass is 271 g/mol. The molecule has 0 unspecified atom stereocenters. The second-order valence-electron chi connectivity index (χ2n) is 4.38. The maximum Gasteiger partial charge on any atom is 0.471 e. The molecular formula is C13H12F3NO2. The number of ketones is 1. The first-order valence-corrected chi connectivity index (χ1v) is 5.88. The highest BCUT2D eigenvalue weighted by atomic mass is 19.4. The van der Waals surface area contributed by atoms with Crippen LogP contribution in [-0.4, -0.2) is 35.4 Å². The van der Waals surface area contributed by atoms with Crippen LogP contribution in [0.1, 0.15) is 23.2 Å². The Kier molecular flexibility index (Phi) is 3.59. The summed E-state index contributed by atoms with van der Waals surface area (Å²) in [6.07, 6.45) is -4.25. The molecule has 0 saturated carbocycles. The molecular weight excluding hydrogens is 259 g/mol. The van der Waals surface area contributed by atoms with Crippen LogP contribution in [0.4, 0.5) is 13.2 Å². The second-order valence-corrected chi connectivity index (χ2v) is 4.38. The molecule has 1 fully saturated rings. The topological polar surface area (TPSA) is 37.4 Å². The number of hydrogen-bond acceptors (Lipinski definition) is 2. The smallest absolute Gasteiger partial charge is 0.324 e. The minimum absolute atomic E-state index is 0.0262. The Morgan fingerprint density at radius 3 is 2.37 bits per heavy atom. The van der Waals surface area contributed by atoms with E-state index in [4.69, 9.17) is 0 Å². The van der Waals surface area contributed by atoms with Gasteiger partial charge in [0.25, 0.3) is 0 Å². The van der Waals surface area contributed by atoms with Gasteiger partial charge >= 0.3 is 12.1 Å². The lowest BCUT2D eigenvalue weighted by Gasteiger charge is -2.24. The number of carbonyl (C=O) groups is 2. The Balaban J connectivity index is 2.20. The molecule has 102 valence electrons. The van der Waals surface area contributed by atoms with Crippen molar-refractivity contribution in [1.82, 2.24) is 4.90 Å². The van der Waals surface area contributed by atoms with Gasteiger partial charge in [-0.15, -0.1) is 0 Å². The van der Waals surface area contributed by atoms with Crippen molar-refractivity contribution in [3.8, 4) is 0 Å². The number of likely N-dealkylation sites (tertiary alicyclic amines) is 1. The Labute approximate surface area is 108 Å². The lowest BCUT2D eigenvalue weighted by atomic mass is 10.0. The molecule has 19 heavy (non-hydrogen) atoms. The normalized spacial score (nSPS) is 19.5. The predicted molar refractivity (Wildman–Crippen MR) is 61.6 cm³/mol. The number of amides is 1. The maximum absolute atomic E-state index is 12.4. The summed E-state index contributed by atoms with van der Waals surface area (Å²) in [5, 5.41) is 0. The van der Waals surface area contributed by atoms with Crippen LogP contribution >= 0.6 is 0 Å². The van der Waals surface area contributed by atoms with Crippen LogP contribution in [0.15, 0.2) is 30.3 Å². The number of halogens is 3. The van der Waals surface area contributed by atoms with E-state index >= 15 is 0 Å². The highest BCUT2D eigenvalue weighted by Crippen LogP contribution is 2.27. The van der Waals surface area contributed by atoms with E-state index in [1.807, 2.05) is 0 Å². The Bertz CT molecular complexity index is 484. The van der Waals surface area contributed by atoms with Crippen molar-refractivity contribution in [2.75, 3.05) is 6.54 Å². The van der Waals surface area contributed by atoms with Gasteiger partial charge in [0, 0.05) is 12.1 Å². The molecule has 0 radical (unpaired) electrons. The molecule has 1 aliphatic rings. The number of Topliss-reactive ketones (excluding diaryl/α,β-unsaturated/α-hetero) is 1. The molecule has 1 heterocycles. The maximum atomic E-state index is 12.4. The fourth-order valence-electron chi connectivity index (χ4n) is 2.24. The van der Waals surface area contributed by atoms with Crippen LogP contribution in [0.2, 0.25) is 0 Å². The number of alkyl halides is 3. The summed E-state index contributed by atoms with van der Waals surface area (Å²) in [6, 6.07) is 7.06. The Morgan fingerprint density at radius 2 is 1.79 bits per heavy atom. The quantitative estimate of drug-likeness (QED) is 0.775. The molecule has 0 bridgehead atoms. The van der Waals surface area contributed by atoms with E-state index in [1.165, 1.54) is 12.1 Å². The zero-order chi connectivity index (χ0) is 14.0. The number of benzene rings is 1. The number of carbonyl (C=O) groups excluding carboxylic acids is 2. The molecule has 6 heteroatoms. The van der Waals surface area contributed by atoms with Crippen molar-refractivity contribution < 1.29 is 22.8 Å². The van der Waals surface area contributed by atoms with Gasteiger partial charge < -0.3 is 4.90 Å². The molecule has 0 aromatic heterocycles. The number of nitrogens with zero attached hydrogens (tertiary/aromatic N) is 1. The van der Waals surface area contributed by atoms with E-state index in [9.17, 15) is 22.8 Å². The van der Waals surface area contributed by atoms with E-state index in [0.717, 1.165) is 0 Å². The molecule has 1 atom stereocenters. The standard InChI is InChI=1S/C13H12F3NO2/c14-13(15,16)12(19)17-8-4-7-10(17)11(18)9-5-2-1-3-6-9/h1-3,5-6,10H,4,7-8H2/t10-/m0/s1. The summed E-state index contributed by atoms with van der Waals surface area (Å²) in [7, 11) is 0. The third kappa shape index (κ3) is 2.77. The van der Waals surface area contributed by atoms with Gasteiger partial charge in [-0.2, -0.15) is 13.2 Å². The van der Waals surface area contributed by atoms with Crippen LogP contribution < -0.4 is 0 Å². The lowest BCUT2D eigenvalue weighted by Crippen LogP contribution is -2.46. The van der Waals surface area contributed by atoms with Crippen LogP contribution in [0, 0.1) is 0 Å².